The Hall–Kier alpha value is -1.55. The minimum atomic E-state index is -0.460. The maximum absolute atomic E-state index is 12.2. The number of nitrogens with one attached hydrogen (secondary N) is 1. The zero-order valence-electron chi connectivity index (χ0n) is 14.8. The average molecular weight is 306 g/mol. The van der Waals surface area contributed by atoms with Gasteiger partial charge in [0.25, 0.3) is 0 Å². The number of hydrogen-bond donors (Lipinski definition) is 1. The van der Waals surface area contributed by atoms with E-state index in [0.717, 1.165) is 13.1 Å². The molecule has 0 aliphatic heterocycles. The minimum absolute atomic E-state index is 0.120. The van der Waals surface area contributed by atoms with E-state index in [0.29, 0.717) is 6.54 Å². The number of aryl methyl sites for hydroxylation is 1. The van der Waals surface area contributed by atoms with E-state index in [2.05, 4.69) is 24.4 Å². The van der Waals surface area contributed by atoms with Crippen LogP contribution in [0.5, 0.6) is 0 Å². The lowest BCUT2D eigenvalue weighted by atomic mass is 10.1. The van der Waals surface area contributed by atoms with Crippen LogP contribution in [0.25, 0.3) is 0 Å². The summed E-state index contributed by atoms with van der Waals surface area (Å²) in [6.07, 6.45) is -0.250. The molecule has 4 nitrogen and oxygen atoms in total. The molecule has 1 rings (SSSR count). The maximum atomic E-state index is 12.2. The molecule has 124 valence electrons. The molecule has 1 aromatic carbocycles. The smallest absolute Gasteiger partial charge is 0.410 e. The molecule has 0 fully saturated rings. The van der Waals surface area contributed by atoms with Crippen molar-refractivity contribution < 1.29 is 9.53 Å². The Labute approximate surface area is 134 Å². The first-order valence-corrected chi connectivity index (χ1v) is 7.95. The largest absolute Gasteiger partial charge is 0.444 e. The van der Waals surface area contributed by atoms with Crippen molar-refractivity contribution in [3.63, 3.8) is 0 Å². The predicted molar refractivity (Wildman–Crippen MR) is 91.0 cm³/mol. The summed E-state index contributed by atoms with van der Waals surface area (Å²) in [4.78, 5) is 14.0. The summed E-state index contributed by atoms with van der Waals surface area (Å²) in [5.41, 5.74) is 2.11. The second-order valence-electron chi connectivity index (χ2n) is 6.87. The fourth-order valence-electron chi connectivity index (χ4n) is 2.11. The third-order valence-electron chi connectivity index (χ3n) is 3.36. The van der Waals surface area contributed by atoms with Gasteiger partial charge in [-0.15, -0.1) is 0 Å². The Bertz CT molecular complexity index is 478. The van der Waals surface area contributed by atoms with Gasteiger partial charge in [0.15, 0.2) is 0 Å². The van der Waals surface area contributed by atoms with E-state index >= 15 is 0 Å². The average Bonchev–Trinajstić information content (AvgIpc) is 2.37. The lowest BCUT2D eigenvalue weighted by Gasteiger charge is -2.30. The van der Waals surface area contributed by atoms with Gasteiger partial charge in [0.05, 0.1) is 0 Å². The Morgan fingerprint density at radius 1 is 1.27 bits per heavy atom. The minimum Gasteiger partial charge on any atom is -0.444 e. The van der Waals surface area contributed by atoms with E-state index in [9.17, 15) is 4.79 Å². The highest BCUT2D eigenvalue weighted by molar-refractivity contribution is 5.68. The van der Waals surface area contributed by atoms with Gasteiger partial charge in [-0.3, -0.25) is 0 Å². The summed E-state index contributed by atoms with van der Waals surface area (Å²) in [5.74, 6) is 0. The van der Waals surface area contributed by atoms with E-state index in [1.54, 1.807) is 4.90 Å². The number of hydrogen-bond acceptors (Lipinski definition) is 3. The predicted octanol–water partition coefficient (Wildman–Crippen LogP) is 3.73. The van der Waals surface area contributed by atoms with Gasteiger partial charge >= 0.3 is 6.09 Å². The molecule has 0 aromatic heterocycles. The van der Waals surface area contributed by atoms with Crippen LogP contribution in [0.15, 0.2) is 24.3 Å². The molecular formula is C18H30N2O2. The van der Waals surface area contributed by atoms with Crippen LogP contribution in [0.2, 0.25) is 0 Å². The molecule has 1 N–H and O–H groups in total. The number of ether oxygens (including phenoxy) is 1. The molecule has 0 bridgehead atoms. The SMILES string of the molecule is Cc1ccccc1CNCCN(C(=O)OC(C)(C)C)C(C)C. The van der Waals surface area contributed by atoms with Gasteiger partial charge in [-0.2, -0.15) is 0 Å². The molecule has 22 heavy (non-hydrogen) atoms. The maximum Gasteiger partial charge on any atom is 0.410 e. The van der Waals surface area contributed by atoms with Crippen molar-refractivity contribution in [2.45, 2.75) is 59.7 Å². The normalized spacial score (nSPS) is 11.6. The third kappa shape index (κ3) is 6.48. The van der Waals surface area contributed by atoms with Gasteiger partial charge in [-0.05, 0) is 52.7 Å². The zero-order valence-corrected chi connectivity index (χ0v) is 14.8. The molecule has 0 aliphatic rings. The van der Waals surface area contributed by atoms with Crippen LogP contribution in [0.1, 0.15) is 45.7 Å². The molecule has 0 heterocycles. The molecule has 0 spiro atoms. The third-order valence-corrected chi connectivity index (χ3v) is 3.36. The Balaban J connectivity index is 2.45. The first-order valence-electron chi connectivity index (χ1n) is 7.95. The van der Waals surface area contributed by atoms with Crippen LogP contribution < -0.4 is 5.32 Å². The lowest BCUT2D eigenvalue weighted by molar-refractivity contribution is 0.0193. The summed E-state index contributed by atoms with van der Waals surface area (Å²) < 4.78 is 5.45. The molecule has 0 atom stereocenters. The van der Waals surface area contributed by atoms with Gasteiger partial charge in [0, 0.05) is 25.7 Å². The number of carbonyl (C=O) groups is 1. The van der Waals surface area contributed by atoms with Gasteiger partial charge < -0.3 is 15.0 Å². The summed E-state index contributed by atoms with van der Waals surface area (Å²) in [5, 5.41) is 3.40. The summed E-state index contributed by atoms with van der Waals surface area (Å²) in [7, 11) is 0. The van der Waals surface area contributed by atoms with Crippen LogP contribution in [0.3, 0.4) is 0 Å². The molecule has 0 saturated carbocycles. The van der Waals surface area contributed by atoms with E-state index in [1.165, 1.54) is 11.1 Å². The molecule has 0 unspecified atom stereocenters. The van der Waals surface area contributed by atoms with Gasteiger partial charge in [0.1, 0.15) is 5.60 Å². The summed E-state index contributed by atoms with van der Waals surface area (Å²) in [6, 6.07) is 8.44. The second kappa shape index (κ2) is 8.18. The lowest BCUT2D eigenvalue weighted by Crippen LogP contribution is -2.44. The number of carbonyl (C=O) groups excluding carboxylic acids is 1. The summed E-state index contributed by atoms with van der Waals surface area (Å²) in [6.45, 7) is 14.0. The first-order chi connectivity index (χ1) is 10.2. The van der Waals surface area contributed by atoms with E-state index in [4.69, 9.17) is 4.74 Å². The molecule has 0 saturated heterocycles. The van der Waals surface area contributed by atoms with E-state index < -0.39 is 5.60 Å². The molecule has 1 amide bonds. The van der Waals surface area contributed by atoms with Crippen LogP contribution in [0.4, 0.5) is 4.79 Å². The quantitative estimate of drug-likeness (QED) is 0.814. The van der Waals surface area contributed by atoms with Crippen molar-refractivity contribution in [1.29, 1.82) is 0 Å². The van der Waals surface area contributed by atoms with Crippen molar-refractivity contribution in [1.82, 2.24) is 10.2 Å². The van der Waals surface area contributed by atoms with Gasteiger partial charge in [-0.25, -0.2) is 4.79 Å². The van der Waals surface area contributed by atoms with Crippen molar-refractivity contribution >= 4 is 6.09 Å². The number of rotatable bonds is 6. The number of benzene rings is 1. The molecule has 0 radical (unpaired) electrons. The second-order valence-corrected chi connectivity index (χ2v) is 6.87. The van der Waals surface area contributed by atoms with Crippen molar-refractivity contribution in [2.24, 2.45) is 0 Å². The Kier molecular flexibility index (Phi) is 6.88. The van der Waals surface area contributed by atoms with E-state index in [1.807, 2.05) is 46.8 Å². The molecule has 0 aliphatic carbocycles. The van der Waals surface area contributed by atoms with Crippen LogP contribution in [0, 0.1) is 6.92 Å². The van der Waals surface area contributed by atoms with Crippen LogP contribution >= 0.6 is 0 Å². The highest BCUT2D eigenvalue weighted by atomic mass is 16.6. The van der Waals surface area contributed by atoms with Gasteiger partial charge in [-0.1, -0.05) is 24.3 Å². The van der Waals surface area contributed by atoms with Gasteiger partial charge in [0.2, 0.25) is 0 Å². The Morgan fingerprint density at radius 3 is 2.45 bits per heavy atom. The number of nitrogens with zero attached hydrogens (tertiary/aromatic N) is 1. The van der Waals surface area contributed by atoms with Crippen molar-refractivity contribution in [3.8, 4) is 0 Å². The van der Waals surface area contributed by atoms with Crippen molar-refractivity contribution in [3.05, 3.63) is 35.4 Å². The Morgan fingerprint density at radius 2 is 1.91 bits per heavy atom. The fourth-order valence-corrected chi connectivity index (χ4v) is 2.11. The molecular weight excluding hydrogens is 276 g/mol. The van der Waals surface area contributed by atoms with Crippen molar-refractivity contribution in [2.75, 3.05) is 13.1 Å². The number of amides is 1. The molecule has 1 aromatic rings. The highest BCUT2D eigenvalue weighted by Gasteiger charge is 2.23. The van der Waals surface area contributed by atoms with Crippen LogP contribution in [-0.4, -0.2) is 35.7 Å². The van der Waals surface area contributed by atoms with E-state index in [-0.39, 0.29) is 12.1 Å². The monoisotopic (exact) mass is 306 g/mol. The standard InChI is InChI=1S/C18H30N2O2/c1-14(2)20(17(21)22-18(4,5)6)12-11-19-13-16-10-8-7-9-15(16)3/h7-10,14,19H,11-13H2,1-6H3. The summed E-state index contributed by atoms with van der Waals surface area (Å²) >= 11 is 0. The molecule has 4 heteroatoms. The topological polar surface area (TPSA) is 41.6 Å². The van der Waals surface area contributed by atoms with Crippen LogP contribution in [-0.2, 0) is 11.3 Å². The fraction of sp³-hybridized carbons (Fsp3) is 0.611. The zero-order chi connectivity index (χ0) is 16.8. The first kappa shape index (κ1) is 18.5. The highest BCUT2D eigenvalue weighted by Crippen LogP contribution is 2.11.